The van der Waals surface area contributed by atoms with Gasteiger partial charge in [0, 0.05) is 0 Å². The number of nitriles is 1. The zero-order valence-electron chi connectivity index (χ0n) is 11.4. The highest BCUT2D eigenvalue weighted by molar-refractivity contribution is 14.1. The molecule has 2 aromatic rings. The van der Waals surface area contributed by atoms with Crippen LogP contribution in [0.4, 0.5) is 0 Å². The van der Waals surface area contributed by atoms with Crippen LogP contribution in [0.3, 0.4) is 0 Å². The second kappa shape index (κ2) is 6.71. The second-order valence-electron chi connectivity index (χ2n) is 4.63. The summed E-state index contributed by atoms with van der Waals surface area (Å²) in [5.74, 6) is 0. The molecule has 2 rings (SSSR count). The van der Waals surface area contributed by atoms with Crippen molar-refractivity contribution >= 4 is 28.2 Å². The number of allylic oxidation sites excluding steroid dienone is 1. The Morgan fingerprint density at radius 1 is 1.10 bits per heavy atom. The molecule has 0 heterocycles. The summed E-state index contributed by atoms with van der Waals surface area (Å²) in [4.78, 5) is 0. The van der Waals surface area contributed by atoms with Crippen molar-refractivity contribution in [3.05, 3.63) is 75.9 Å². The fraction of sp³-hybridized carbons (Fsp3) is 0.167. The standard InChI is InChI=1S/C18H16IN/c1-2-18(14-20,16-11-7-4-8-12-16)17(13-19)15-9-5-3-6-10-15/h3-13H,2H2,1H3/b17-13+. The van der Waals surface area contributed by atoms with Gasteiger partial charge in [0.05, 0.1) is 6.07 Å². The molecular weight excluding hydrogens is 357 g/mol. The first-order valence-corrected chi connectivity index (χ1v) is 7.86. The van der Waals surface area contributed by atoms with Crippen molar-refractivity contribution in [2.24, 2.45) is 0 Å². The SMILES string of the molecule is CCC(C#N)(/C(=C/I)c1ccccc1)c1ccccc1. The first-order chi connectivity index (χ1) is 9.78. The van der Waals surface area contributed by atoms with E-state index < -0.39 is 5.41 Å². The Morgan fingerprint density at radius 2 is 1.65 bits per heavy atom. The lowest BCUT2D eigenvalue weighted by Crippen LogP contribution is -2.25. The minimum absolute atomic E-state index is 0.593. The minimum atomic E-state index is -0.593. The first-order valence-electron chi connectivity index (χ1n) is 6.61. The van der Waals surface area contributed by atoms with Crippen molar-refractivity contribution in [3.63, 3.8) is 0 Å². The number of halogens is 1. The summed E-state index contributed by atoms with van der Waals surface area (Å²) in [6, 6.07) is 22.8. The van der Waals surface area contributed by atoms with Gasteiger partial charge < -0.3 is 0 Å². The topological polar surface area (TPSA) is 23.8 Å². The largest absolute Gasteiger partial charge is 0.197 e. The maximum absolute atomic E-state index is 9.90. The van der Waals surface area contributed by atoms with Crippen LogP contribution < -0.4 is 0 Å². The molecule has 0 fully saturated rings. The van der Waals surface area contributed by atoms with Crippen molar-refractivity contribution in [2.45, 2.75) is 18.8 Å². The van der Waals surface area contributed by atoms with Gasteiger partial charge in [-0.3, -0.25) is 0 Å². The predicted octanol–water partition coefficient (Wildman–Crippen LogP) is 5.33. The summed E-state index contributed by atoms with van der Waals surface area (Å²) >= 11 is 2.24. The number of rotatable bonds is 4. The van der Waals surface area contributed by atoms with Crippen LogP contribution in [0.1, 0.15) is 24.5 Å². The summed E-state index contributed by atoms with van der Waals surface area (Å²) in [6.07, 6.45) is 0.747. The Morgan fingerprint density at radius 3 is 2.10 bits per heavy atom. The maximum atomic E-state index is 9.90. The molecule has 20 heavy (non-hydrogen) atoms. The van der Waals surface area contributed by atoms with E-state index in [2.05, 4.69) is 47.7 Å². The van der Waals surface area contributed by atoms with Gasteiger partial charge in [-0.2, -0.15) is 5.26 Å². The highest BCUT2D eigenvalue weighted by Gasteiger charge is 2.35. The third kappa shape index (κ3) is 2.64. The lowest BCUT2D eigenvalue weighted by atomic mass is 9.71. The van der Waals surface area contributed by atoms with E-state index in [1.807, 2.05) is 52.6 Å². The molecule has 0 spiro atoms. The van der Waals surface area contributed by atoms with E-state index in [9.17, 15) is 5.26 Å². The van der Waals surface area contributed by atoms with Gasteiger partial charge in [0.1, 0.15) is 5.41 Å². The van der Waals surface area contributed by atoms with E-state index in [-0.39, 0.29) is 0 Å². The molecule has 100 valence electrons. The van der Waals surface area contributed by atoms with Crippen molar-refractivity contribution in [1.29, 1.82) is 5.26 Å². The molecule has 0 saturated heterocycles. The number of hydrogen-bond donors (Lipinski definition) is 0. The molecule has 2 heteroatoms. The molecule has 0 aliphatic heterocycles. The molecule has 0 aliphatic rings. The van der Waals surface area contributed by atoms with Crippen molar-refractivity contribution in [2.75, 3.05) is 0 Å². The zero-order chi connectivity index (χ0) is 14.4. The molecule has 1 atom stereocenters. The third-order valence-electron chi connectivity index (χ3n) is 3.64. The molecule has 2 aromatic carbocycles. The molecule has 0 amide bonds. The molecule has 0 bridgehead atoms. The third-order valence-corrected chi connectivity index (χ3v) is 4.26. The van der Waals surface area contributed by atoms with Crippen LogP contribution in [0.15, 0.2) is 64.7 Å². The minimum Gasteiger partial charge on any atom is -0.197 e. The molecular formula is C18H16IN. The van der Waals surface area contributed by atoms with Gasteiger partial charge in [-0.05, 0) is 27.2 Å². The van der Waals surface area contributed by atoms with E-state index >= 15 is 0 Å². The van der Waals surface area contributed by atoms with Crippen LogP contribution in [0.5, 0.6) is 0 Å². The quantitative estimate of drug-likeness (QED) is 0.665. The average Bonchev–Trinajstić information content (AvgIpc) is 2.54. The van der Waals surface area contributed by atoms with Crippen LogP contribution in [-0.2, 0) is 5.41 Å². The van der Waals surface area contributed by atoms with E-state index in [0.29, 0.717) is 0 Å². The number of hydrogen-bond acceptors (Lipinski definition) is 1. The predicted molar refractivity (Wildman–Crippen MR) is 92.5 cm³/mol. The lowest BCUT2D eigenvalue weighted by molar-refractivity contribution is 0.677. The fourth-order valence-corrected chi connectivity index (χ4v) is 3.39. The van der Waals surface area contributed by atoms with Crippen LogP contribution in [0.25, 0.3) is 5.57 Å². The Hall–Kier alpha value is -1.60. The van der Waals surface area contributed by atoms with Crippen molar-refractivity contribution in [3.8, 4) is 6.07 Å². The second-order valence-corrected chi connectivity index (χ2v) is 5.25. The molecule has 0 saturated carbocycles. The summed E-state index contributed by atoms with van der Waals surface area (Å²) in [7, 11) is 0. The van der Waals surface area contributed by atoms with Crippen LogP contribution >= 0.6 is 22.6 Å². The summed E-state index contributed by atoms with van der Waals surface area (Å²) in [5.41, 5.74) is 2.63. The van der Waals surface area contributed by atoms with Gasteiger partial charge in [-0.25, -0.2) is 0 Å². The molecule has 0 radical (unpaired) electrons. The Balaban J connectivity index is 2.62. The molecule has 0 N–H and O–H groups in total. The van der Waals surface area contributed by atoms with Gasteiger partial charge >= 0.3 is 0 Å². The van der Waals surface area contributed by atoms with E-state index in [4.69, 9.17) is 0 Å². The highest BCUT2D eigenvalue weighted by Crippen LogP contribution is 2.41. The van der Waals surface area contributed by atoms with Gasteiger partial charge in [0.2, 0.25) is 0 Å². The highest BCUT2D eigenvalue weighted by atomic mass is 127. The zero-order valence-corrected chi connectivity index (χ0v) is 13.5. The molecule has 1 nitrogen and oxygen atoms in total. The van der Waals surface area contributed by atoms with Crippen LogP contribution in [0, 0.1) is 11.3 Å². The Bertz CT molecular complexity index is 625. The monoisotopic (exact) mass is 373 g/mol. The lowest BCUT2D eigenvalue weighted by Gasteiger charge is -2.29. The van der Waals surface area contributed by atoms with E-state index in [1.54, 1.807) is 0 Å². The summed E-state index contributed by atoms with van der Waals surface area (Å²) in [6.45, 7) is 2.07. The van der Waals surface area contributed by atoms with Gasteiger partial charge in [0.25, 0.3) is 0 Å². The Kier molecular flexibility index (Phi) is 4.97. The van der Waals surface area contributed by atoms with Crippen LogP contribution in [0.2, 0.25) is 0 Å². The van der Waals surface area contributed by atoms with Crippen molar-refractivity contribution < 1.29 is 0 Å². The van der Waals surface area contributed by atoms with Crippen molar-refractivity contribution in [1.82, 2.24) is 0 Å². The Labute approximate surface area is 134 Å². The van der Waals surface area contributed by atoms with Crippen LogP contribution in [-0.4, -0.2) is 0 Å². The summed E-state index contributed by atoms with van der Waals surface area (Å²) in [5, 5.41) is 9.90. The smallest absolute Gasteiger partial charge is 0.108 e. The first kappa shape index (κ1) is 14.8. The molecule has 1 unspecified atom stereocenters. The van der Waals surface area contributed by atoms with Gasteiger partial charge in [0.15, 0.2) is 0 Å². The van der Waals surface area contributed by atoms with Gasteiger partial charge in [-0.15, -0.1) is 0 Å². The maximum Gasteiger partial charge on any atom is 0.108 e. The number of benzene rings is 2. The van der Waals surface area contributed by atoms with E-state index in [1.165, 1.54) is 0 Å². The number of nitrogens with zero attached hydrogens (tertiary/aromatic N) is 1. The van der Waals surface area contributed by atoms with Gasteiger partial charge in [-0.1, -0.05) is 90.2 Å². The molecule has 0 aromatic heterocycles. The normalized spacial score (nSPS) is 14.3. The molecule has 0 aliphatic carbocycles. The van der Waals surface area contributed by atoms with E-state index in [0.717, 1.165) is 23.1 Å². The fourth-order valence-electron chi connectivity index (χ4n) is 2.50. The average molecular weight is 373 g/mol. The summed E-state index contributed by atoms with van der Waals surface area (Å²) < 4.78 is 2.03.